The molecule has 0 fully saturated rings. The summed E-state index contributed by atoms with van der Waals surface area (Å²) in [6, 6.07) is 0. The molecular weight excluding hydrogens is 357 g/mol. The van der Waals surface area contributed by atoms with Crippen molar-refractivity contribution in [1.29, 1.82) is 0 Å². The number of guanidine groups is 1. The zero-order valence-electron chi connectivity index (χ0n) is 8.70. The van der Waals surface area contributed by atoms with Gasteiger partial charge in [0.25, 0.3) is 5.56 Å². The lowest BCUT2D eigenvalue weighted by atomic mass is 10.3. The Hall–Kier alpha value is -1.03. The molecule has 0 amide bonds. The van der Waals surface area contributed by atoms with Crippen LogP contribution in [-0.2, 0) is 6.54 Å². The lowest BCUT2D eigenvalue weighted by Crippen LogP contribution is -2.36. The van der Waals surface area contributed by atoms with Gasteiger partial charge < -0.3 is 15.6 Å². The fraction of sp³-hybridized carbons (Fsp3) is 0.375. The molecule has 0 saturated carbocycles. The van der Waals surface area contributed by atoms with Crippen molar-refractivity contribution in [2.45, 2.75) is 6.54 Å². The summed E-state index contributed by atoms with van der Waals surface area (Å²) in [5.74, 6) is 0.442. The summed E-state index contributed by atoms with van der Waals surface area (Å²) in [7, 11) is 0. The largest absolute Gasteiger partial charge is 0.370 e. The maximum absolute atomic E-state index is 11.4. The van der Waals surface area contributed by atoms with Gasteiger partial charge in [0.05, 0.1) is 22.4 Å². The van der Waals surface area contributed by atoms with E-state index in [4.69, 9.17) is 5.73 Å². The number of aliphatic imine (C=N–C) groups is 1. The smallest absolute Gasteiger partial charge is 0.326 e. The molecule has 0 aromatic carbocycles. The number of H-pyrrole nitrogens is 2. The van der Waals surface area contributed by atoms with Crippen molar-refractivity contribution in [3.8, 4) is 0 Å². The molecule has 1 aliphatic heterocycles. The van der Waals surface area contributed by atoms with E-state index >= 15 is 0 Å². The second-order valence-electron chi connectivity index (χ2n) is 3.36. The summed E-state index contributed by atoms with van der Waals surface area (Å²) >= 11 is 1.89. The standard InChI is InChI=1S/C8H10IN5O2.ClH/c9-5-4(12-8(16)13-6(5)15)3-14-2-1-11-7(14)10;/h1-3H2,(H2,10,11)(H2,12,13,15,16);1H/i9-3;. The molecule has 0 unspecified atom stereocenters. The fourth-order valence-electron chi connectivity index (χ4n) is 1.48. The molecular formula is C8H11ClIN5O2. The Morgan fingerprint density at radius 2 is 2.12 bits per heavy atom. The molecule has 0 spiro atoms. The zero-order valence-corrected chi connectivity index (χ0v) is 11.7. The molecule has 1 aliphatic rings. The quantitative estimate of drug-likeness (QED) is 0.595. The molecule has 0 saturated heterocycles. The molecule has 94 valence electrons. The van der Waals surface area contributed by atoms with Gasteiger partial charge >= 0.3 is 5.69 Å². The number of hydrogen-bond donors (Lipinski definition) is 3. The van der Waals surface area contributed by atoms with Crippen molar-refractivity contribution in [1.82, 2.24) is 14.9 Å². The van der Waals surface area contributed by atoms with E-state index in [1.165, 1.54) is 0 Å². The molecule has 0 aliphatic carbocycles. The number of hydrogen-bond acceptors (Lipinski definition) is 5. The van der Waals surface area contributed by atoms with Gasteiger partial charge in [-0.2, -0.15) is 0 Å². The van der Waals surface area contributed by atoms with Crippen LogP contribution in [0, 0.1) is 3.57 Å². The van der Waals surface area contributed by atoms with Gasteiger partial charge in [-0.15, -0.1) is 12.4 Å². The second-order valence-corrected chi connectivity index (χ2v) is 4.44. The molecule has 4 N–H and O–H groups in total. The summed E-state index contributed by atoms with van der Waals surface area (Å²) in [5, 5.41) is 0. The molecule has 0 atom stereocenters. The van der Waals surface area contributed by atoms with E-state index in [0.717, 1.165) is 0 Å². The Morgan fingerprint density at radius 1 is 1.41 bits per heavy atom. The Labute approximate surface area is 116 Å². The van der Waals surface area contributed by atoms with Gasteiger partial charge in [-0.3, -0.25) is 14.8 Å². The van der Waals surface area contributed by atoms with Gasteiger partial charge in [0.1, 0.15) is 0 Å². The summed E-state index contributed by atoms with van der Waals surface area (Å²) in [6.45, 7) is 1.75. The van der Waals surface area contributed by atoms with E-state index in [1.807, 2.05) is 27.5 Å². The topological polar surface area (TPSA) is 107 Å². The first-order chi connectivity index (χ1) is 7.58. The minimum absolute atomic E-state index is 0. The maximum atomic E-state index is 11.4. The summed E-state index contributed by atoms with van der Waals surface area (Å²) in [4.78, 5) is 33.1. The molecule has 1 aromatic heterocycles. The monoisotopic (exact) mass is 368 g/mol. The minimum Gasteiger partial charge on any atom is -0.370 e. The number of nitrogens with two attached hydrogens (primary N) is 1. The lowest BCUT2D eigenvalue weighted by molar-refractivity contribution is 0.439. The Bertz CT molecular complexity index is 552. The van der Waals surface area contributed by atoms with E-state index < -0.39 is 5.69 Å². The molecule has 2 rings (SSSR count). The van der Waals surface area contributed by atoms with Crippen LogP contribution in [-0.4, -0.2) is 33.9 Å². The van der Waals surface area contributed by atoms with Crippen LogP contribution in [0.3, 0.4) is 0 Å². The van der Waals surface area contributed by atoms with Gasteiger partial charge in [0.15, 0.2) is 5.96 Å². The normalized spacial score (nSPS) is 14.4. The van der Waals surface area contributed by atoms with Crippen LogP contribution < -0.4 is 17.0 Å². The van der Waals surface area contributed by atoms with Gasteiger partial charge in [-0.25, -0.2) is 4.79 Å². The van der Waals surface area contributed by atoms with Crippen LogP contribution in [0.4, 0.5) is 0 Å². The van der Waals surface area contributed by atoms with Crippen molar-refractivity contribution in [2.75, 3.05) is 13.1 Å². The SMILES string of the molecule is Cl.NC1=NCCN1Cc1[nH]c(=O)[nH]c(=O)c1[124I]. The molecule has 17 heavy (non-hydrogen) atoms. The first kappa shape index (κ1) is 14.0. The highest BCUT2D eigenvalue weighted by molar-refractivity contribution is 14.1. The molecule has 0 radical (unpaired) electrons. The zero-order chi connectivity index (χ0) is 11.7. The van der Waals surface area contributed by atoms with E-state index in [0.29, 0.717) is 34.9 Å². The third-order valence-corrected chi connectivity index (χ3v) is 3.41. The van der Waals surface area contributed by atoms with E-state index in [9.17, 15) is 9.59 Å². The highest BCUT2D eigenvalue weighted by atomic mass is 124. The van der Waals surface area contributed by atoms with Crippen LogP contribution in [0.5, 0.6) is 0 Å². The maximum Gasteiger partial charge on any atom is 0.326 e. The molecule has 1 aromatic rings. The van der Waals surface area contributed by atoms with Crippen molar-refractivity contribution >= 4 is 41.0 Å². The van der Waals surface area contributed by atoms with E-state index in [2.05, 4.69) is 15.0 Å². The number of aromatic nitrogens is 2. The number of nitrogens with zero attached hydrogens (tertiary/aromatic N) is 2. The first-order valence-electron chi connectivity index (χ1n) is 4.64. The molecule has 7 nitrogen and oxygen atoms in total. The van der Waals surface area contributed by atoms with E-state index in [-0.39, 0.29) is 18.0 Å². The summed E-state index contributed by atoms with van der Waals surface area (Å²) in [6.07, 6.45) is 0. The highest BCUT2D eigenvalue weighted by Crippen LogP contribution is 2.08. The predicted molar refractivity (Wildman–Crippen MR) is 74.5 cm³/mol. The fourth-order valence-corrected chi connectivity index (χ4v) is 1.92. The number of aromatic amines is 2. The second kappa shape index (κ2) is 5.54. The van der Waals surface area contributed by atoms with Crippen LogP contribution in [0.15, 0.2) is 14.6 Å². The Balaban J connectivity index is 0.00000144. The van der Waals surface area contributed by atoms with Gasteiger partial charge in [-0.05, 0) is 22.6 Å². The van der Waals surface area contributed by atoms with Crippen molar-refractivity contribution in [2.24, 2.45) is 10.7 Å². The van der Waals surface area contributed by atoms with E-state index in [1.54, 1.807) is 0 Å². The number of nitrogens with one attached hydrogen (secondary N) is 2. The van der Waals surface area contributed by atoms with Crippen molar-refractivity contribution < 1.29 is 0 Å². The third-order valence-electron chi connectivity index (χ3n) is 2.27. The van der Waals surface area contributed by atoms with Crippen LogP contribution >= 0.6 is 35.0 Å². The summed E-state index contributed by atoms with van der Waals surface area (Å²) in [5.41, 5.74) is 5.33. The number of halogens is 2. The lowest BCUT2D eigenvalue weighted by Gasteiger charge is -2.17. The Morgan fingerprint density at radius 3 is 2.71 bits per heavy atom. The van der Waals surface area contributed by atoms with Gasteiger partial charge in [0, 0.05) is 6.54 Å². The first-order valence-corrected chi connectivity index (χ1v) is 5.71. The van der Waals surface area contributed by atoms with Crippen molar-refractivity contribution in [3.63, 3.8) is 0 Å². The van der Waals surface area contributed by atoms with Crippen LogP contribution in [0.25, 0.3) is 0 Å². The van der Waals surface area contributed by atoms with Gasteiger partial charge in [0.2, 0.25) is 0 Å². The molecule has 9 heteroatoms. The predicted octanol–water partition coefficient (Wildman–Crippen LogP) is -0.780. The minimum atomic E-state index is -0.505. The Kier molecular flexibility index (Phi) is 4.57. The van der Waals surface area contributed by atoms with Crippen LogP contribution in [0.1, 0.15) is 5.69 Å². The average Bonchev–Trinajstić information content (AvgIpc) is 2.60. The number of rotatable bonds is 2. The van der Waals surface area contributed by atoms with Crippen molar-refractivity contribution in [3.05, 3.63) is 30.1 Å². The van der Waals surface area contributed by atoms with Crippen LogP contribution in [0.2, 0.25) is 0 Å². The highest BCUT2D eigenvalue weighted by Gasteiger charge is 2.16. The van der Waals surface area contributed by atoms with Gasteiger partial charge in [-0.1, -0.05) is 0 Å². The summed E-state index contributed by atoms with van der Waals surface area (Å²) < 4.78 is 0.469. The average molecular weight is 369 g/mol. The third kappa shape index (κ3) is 3.00. The molecule has 2 heterocycles. The molecule has 0 bridgehead atoms.